The third-order valence-electron chi connectivity index (χ3n) is 5.47. The maximum Gasteiger partial charge on any atom is 0.167 e. The molecule has 0 radical (unpaired) electrons. The van der Waals surface area contributed by atoms with Gasteiger partial charge < -0.3 is 15.4 Å². The Kier molecular flexibility index (Phi) is 4.58. The molecule has 0 aliphatic heterocycles. The number of para-hydroxylation sites is 1. The quantitative estimate of drug-likeness (QED) is 0.573. The van der Waals surface area contributed by atoms with Gasteiger partial charge >= 0.3 is 0 Å². The highest BCUT2D eigenvalue weighted by Crippen LogP contribution is 2.44. The number of anilines is 2. The van der Waals surface area contributed by atoms with E-state index in [0.717, 1.165) is 45.9 Å². The number of carbonyl (C=O) groups is 1. The molecule has 3 aromatic rings. The third-order valence-corrected chi connectivity index (χ3v) is 5.47. The molecule has 5 heteroatoms. The van der Waals surface area contributed by atoms with Crippen LogP contribution >= 0.6 is 0 Å². The molecule has 2 heterocycles. The number of benzene rings is 1. The van der Waals surface area contributed by atoms with Gasteiger partial charge in [-0.2, -0.15) is 0 Å². The average molecular weight is 389 g/mol. The van der Waals surface area contributed by atoms with Crippen LogP contribution < -0.4 is 5.32 Å². The number of fused-ring (bicyclic) bond motifs is 1. The van der Waals surface area contributed by atoms with Gasteiger partial charge in [-0.25, -0.2) is 0 Å². The van der Waals surface area contributed by atoms with Crippen LogP contribution in [0.25, 0.3) is 11.3 Å². The lowest BCUT2D eigenvalue weighted by Gasteiger charge is -2.29. The topological polar surface area (TPSA) is 78.0 Å². The Hall–Kier alpha value is -2.92. The molecule has 2 aromatic heterocycles. The largest absolute Gasteiger partial charge is 0.386 e. The lowest BCUT2D eigenvalue weighted by Crippen LogP contribution is -2.27. The SMILES string of the molecule is CC1(C)CC(=O)c2c([nH]c(-c3ccncc3)c2Nc2ccccc2C(C)(C)O)C1. The minimum atomic E-state index is -1.01. The molecule has 0 bridgehead atoms. The van der Waals surface area contributed by atoms with Crippen molar-refractivity contribution in [3.63, 3.8) is 0 Å². The minimum Gasteiger partial charge on any atom is -0.386 e. The van der Waals surface area contributed by atoms with Gasteiger partial charge in [-0.05, 0) is 43.9 Å². The van der Waals surface area contributed by atoms with E-state index in [1.807, 2.05) is 36.4 Å². The van der Waals surface area contributed by atoms with Gasteiger partial charge in [0, 0.05) is 41.3 Å². The summed E-state index contributed by atoms with van der Waals surface area (Å²) < 4.78 is 0. The van der Waals surface area contributed by atoms with Crippen LogP contribution in [0.3, 0.4) is 0 Å². The number of rotatable bonds is 4. The Morgan fingerprint density at radius 2 is 1.79 bits per heavy atom. The summed E-state index contributed by atoms with van der Waals surface area (Å²) in [6, 6.07) is 11.5. The fourth-order valence-electron chi connectivity index (χ4n) is 4.18. The Balaban J connectivity index is 1.90. The van der Waals surface area contributed by atoms with E-state index in [1.54, 1.807) is 26.2 Å². The predicted octanol–water partition coefficient (Wildman–Crippen LogP) is 5.20. The van der Waals surface area contributed by atoms with Crippen LogP contribution in [0.4, 0.5) is 11.4 Å². The number of ketones is 1. The van der Waals surface area contributed by atoms with E-state index in [4.69, 9.17) is 0 Å². The maximum atomic E-state index is 13.1. The molecule has 150 valence electrons. The molecule has 0 unspecified atom stereocenters. The average Bonchev–Trinajstić information content (AvgIpc) is 2.99. The number of aromatic amines is 1. The lowest BCUT2D eigenvalue weighted by atomic mass is 9.76. The van der Waals surface area contributed by atoms with Gasteiger partial charge in [-0.1, -0.05) is 32.0 Å². The van der Waals surface area contributed by atoms with Crippen molar-refractivity contribution in [3.05, 3.63) is 65.6 Å². The molecular formula is C24H27N3O2. The minimum absolute atomic E-state index is 0.0767. The maximum absolute atomic E-state index is 13.1. The summed E-state index contributed by atoms with van der Waals surface area (Å²) in [7, 11) is 0. The van der Waals surface area contributed by atoms with Gasteiger partial charge in [0.1, 0.15) is 0 Å². The fraction of sp³-hybridized carbons (Fsp3) is 0.333. The highest BCUT2D eigenvalue weighted by molar-refractivity contribution is 6.07. The summed E-state index contributed by atoms with van der Waals surface area (Å²) in [5.41, 5.74) is 4.76. The molecule has 3 N–H and O–H groups in total. The van der Waals surface area contributed by atoms with Gasteiger partial charge in [-0.3, -0.25) is 9.78 Å². The van der Waals surface area contributed by atoms with Gasteiger partial charge in [0.2, 0.25) is 0 Å². The molecule has 29 heavy (non-hydrogen) atoms. The second kappa shape index (κ2) is 6.85. The Labute approximate surface area is 171 Å². The molecule has 0 saturated heterocycles. The highest BCUT2D eigenvalue weighted by atomic mass is 16.3. The zero-order valence-corrected chi connectivity index (χ0v) is 17.3. The van der Waals surface area contributed by atoms with Crippen LogP contribution in [0.2, 0.25) is 0 Å². The van der Waals surface area contributed by atoms with Crippen LogP contribution in [0.1, 0.15) is 55.7 Å². The number of aromatic nitrogens is 2. The first kappa shape index (κ1) is 19.4. The van der Waals surface area contributed by atoms with Gasteiger partial charge in [0.05, 0.1) is 22.5 Å². The van der Waals surface area contributed by atoms with Crippen molar-refractivity contribution in [3.8, 4) is 11.3 Å². The Morgan fingerprint density at radius 3 is 2.48 bits per heavy atom. The van der Waals surface area contributed by atoms with Crippen LogP contribution in [0.15, 0.2) is 48.8 Å². The van der Waals surface area contributed by atoms with Crippen molar-refractivity contribution < 1.29 is 9.90 Å². The van der Waals surface area contributed by atoms with Crippen molar-refractivity contribution in [2.24, 2.45) is 5.41 Å². The number of carbonyl (C=O) groups excluding carboxylic acids is 1. The molecule has 1 aromatic carbocycles. The summed E-state index contributed by atoms with van der Waals surface area (Å²) in [4.78, 5) is 20.7. The van der Waals surface area contributed by atoms with Crippen molar-refractivity contribution in [1.82, 2.24) is 9.97 Å². The first-order valence-electron chi connectivity index (χ1n) is 9.93. The molecule has 0 atom stereocenters. The van der Waals surface area contributed by atoms with Crippen LogP contribution in [0.5, 0.6) is 0 Å². The van der Waals surface area contributed by atoms with Crippen molar-refractivity contribution in [2.75, 3.05) is 5.32 Å². The number of H-pyrrole nitrogens is 1. The number of Topliss-reactive ketones (excluding diaryl/α,β-unsaturated/α-hetero) is 1. The van der Waals surface area contributed by atoms with E-state index in [-0.39, 0.29) is 11.2 Å². The van der Waals surface area contributed by atoms with Gasteiger partial charge in [0.15, 0.2) is 5.78 Å². The first-order valence-corrected chi connectivity index (χ1v) is 9.93. The van der Waals surface area contributed by atoms with E-state index in [0.29, 0.717) is 6.42 Å². The number of hydrogen-bond acceptors (Lipinski definition) is 4. The molecule has 0 fully saturated rings. The first-order chi connectivity index (χ1) is 13.7. The monoisotopic (exact) mass is 389 g/mol. The molecule has 1 aliphatic rings. The number of nitrogens with zero attached hydrogens (tertiary/aromatic N) is 1. The predicted molar refractivity (Wildman–Crippen MR) is 115 cm³/mol. The lowest BCUT2D eigenvalue weighted by molar-refractivity contribution is 0.0793. The Bertz CT molecular complexity index is 1060. The Morgan fingerprint density at radius 1 is 1.10 bits per heavy atom. The molecule has 0 amide bonds. The summed E-state index contributed by atoms with van der Waals surface area (Å²) >= 11 is 0. The zero-order valence-electron chi connectivity index (χ0n) is 17.3. The van der Waals surface area contributed by atoms with Crippen LogP contribution in [0, 0.1) is 5.41 Å². The van der Waals surface area contributed by atoms with Gasteiger partial charge in [0.25, 0.3) is 0 Å². The summed E-state index contributed by atoms with van der Waals surface area (Å²) in [6.45, 7) is 7.77. The summed E-state index contributed by atoms with van der Waals surface area (Å²) in [5.74, 6) is 0.135. The molecule has 0 saturated carbocycles. The van der Waals surface area contributed by atoms with Crippen molar-refractivity contribution in [2.45, 2.75) is 46.1 Å². The van der Waals surface area contributed by atoms with Crippen molar-refractivity contribution >= 4 is 17.2 Å². The number of nitrogens with one attached hydrogen (secondary N) is 2. The second-order valence-electron chi connectivity index (χ2n) is 9.13. The van der Waals surface area contributed by atoms with E-state index >= 15 is 0 Å². The molecule has 5 nitrogen and oxygen atoms in total. The standard InChI is InChI=1S/C24H27N3O2/c1-23(2)13-18-20(19(28)14-23)22(21(27-18)15-9-11-25-12-10-15)26-17-8-6-5-7-16(17)24(3,4)29/h5-12,26-27,29H,13-14H2,1-4H3. The van der Waals surface area contributed by atoms with E-state index in [9.17, 15) is 9.90 Å². The van der Waals surface area contributed by atoms with Crippen LogP contribution in [-0.4, -0.2) is 20.9 Å². The zero-order chi connectivity index (χ0) is 20.8. The fourth-order valence-corrected chi connectivity index (χ4v) is 4.18. The number of aliphatic hydroxyl groups is 1. The van der Waals surface area contributed by atoms with E-state index in [1.165, 1.54) is 0 Å². The smallest absolute Gasteiger partial charge is 0.167 e. The van der Waals surface area contributed by atoms with Crippen molar-refractivity contribution in [1.29, 1.82) is 0 Å². The summed E-state index contributed by atoms with van der Waals surface area (Å²) in [5, 5.41) is 14.1. The molecule has 1 aliphatic carbocycles. The highest BCUT2D eigenvalue weighted by Gasteiger charge is 2.36. The van der Waals surface area contributed by atoms with E-state index in [2.05, 4.69) is 29.1 Å². The number of hydrogen-bond donors (Lipinski definition) is 3. The normalized spacial score (nSPS) is 15.8. The molecule has 0 spiro atoms. The van der Waals surface area contributed by atoms with E-state index < -0.39 is 5.60 Å². The molecular weight excluding hydrogens is 362 g/mol. The number of pyridine rings is 1. The van der Waals surface area contributed by atoms with Gasteiger partial charge in [-0.15, -0.1) is 0 Å². The van der Waals surface area contributed by atoms with Crippen LogP contribution in [-0.2, 0) is 12.0 Å². The summed E-state index contributed by atoms with van der Waals surface area (Å²) in [6.07, 6.45) is 4.81. The third kappa shape index (κ3) is 3.70. The molecule has 4 rings (SSSR count). The second-order valence-corrected chi connectivity index (χ2v) is 9.13.